The fourth-order valence-corrected chi connectivity index (χ4v) is 2.57. The van der Waals surface area contributed by atoms with Gasteiger partial charge in [-0.05, 0) is 31.2 Å². The van der Waals surface area contributed by atoms with Gasteiger partial charge < -0.3 is 19.7 Å². The predicted octanol–water partition coefficient (Wildman–Crippen LogP) is 2.57. The van der Waals surface area contributed by atoms with E-state index in [1.54, 1.807) is 12.3 Å². The van der Waals surface area contributed by atoms with Crippen LogP contribution >= 0.6 is 0 Å². The first-order chi connectivity index (χ1) is 11.8. The highest BCUT2D eigenvalue weighted by Crippen LogP contribution is 2.24. The van der Waals surface area contributed by atoms with Gasteiger partial charge in [0.1, 0.15) is 11.4 Å². The number of hydrogen-bond acceptors (Lipinski definition) is 5. The number of aromatic nitrogens is 1. The van der Waals surface area contributed by atoms with E-state index in [4.69, 9.17) is 9.47 Å². The van der Waals surface area contributed by atoms with Crippen molar-refractivity contribution in [2.75, 3.05) is 43.1 Å². The molecule has 0 saturated carbocycles. The number of anilines is 2. The maximum absolute atomic E-state index is 12.4. The van der Waals surface area contributed by atoms with Crippen LogP contribution in [0.1, 0.15) is 17.4 Å². The second-order valence-corrected chi connectivity index (χ2v) is 5.38. The van der Waals surface area contributed by atoms with Crippen molar-refractivity contribution in [2.24, 2.45) is 0 Å². The molecule has 1 N–H and O–H groups in total. The Hall–Kier alpha value is -2.60. The first kappa shape index (κ1) is 16.3. The number of pyridine rings is 1. The zero-order valence-corrected chi connectivity index (χ0v) is 13.7. The predicted molar refractivity (Wildman–Crippen MR) is 92.8 cm³/mol. The van der Waals surface area contributed by atoms with E-state index in [1.807, 2.05) is 37.3 Å². The molecule has 1 aromatic carbocycles. The Balaban J connectivity index is 1.69. The van der Waals surface area contributed by atoms with Gasteiger partial charge in [-0.1, -0.05) is 12.1 Å². The van der Waals surface area contributed by atoms with Gasteiger partial charge in [0, 0.05) is 13.1 Å². The first-order valence-electron chi connectivity index (χ1n) is 8.10. The summed E-state index contributed by atoms with van der Waals surface area (Å²) in [6.45, 7) is 5.57. The van der Waals surface area contributed by atoms with Crippen molar-refractivity contribution in [3.8, 4) is 5.75 Å². The molecule has 0 spiro atoms. The second-order valence-electron chi connectivity index (χ2n) is 5.38. The highest BCUT2D eigenvalue weighted by molar-refractivity contribution is 6.03. The summed E-state index contributed by atoms with van der Waals surface area (Å²) >= 11 is 0. The van der Waals surface area contributed by atoms with Crippen LogP contribution in [0.5, 0.6) is 5.75 Å². The topological polar surface area (TPSA) is 63.7 Å². The third-order valence-corrected chi connectivity index (χ3v) is 3.79. The van der Waals surface area contributed by atoms with Crippen molar-refractivity contribution in [3.05, 3.63) is 48.3 Å². The lowest BCUT2D eigenvalue weighted by molar-refractivity contribution is 0.102. The maximum Gasteiger partial charge on any atom is 0.274 e. The molecule has 3 rings (SSSR count). The molecule has 126 valence electrons. The highest BCUT2D eigenvalue weighted by Gasteiger charge is 2.14. The van der Waals surface area contributed by atoms with E-state index in [9.17, 15) is 4.79 Å². The van der Waals surface area contributed by atoms with Crippen LogP contribution in [0.3, 0.4) is 0 Å². The molecular formula is C18H21N3O3. The number of nitrogens with one attached hydrogen (secondary N) is 1. The smallest absolute Gasteiger partial charge is 0.274 e. The van der Waals surface area contributed by atoms with Gasteiger partial charge in [-0.2, -0.15) is 0 Å². The number of amides is 1. The lowest BCUT2D eigenvalue weighted by Crippen LogP contribution is -2.36. The van der Waals surface area contributed by atoms with Gasteiger partial charge >= 0.3 is 0 Å². The van der Waals surface area contributed by atoms with Gasteiger partial charge in [-0.25, -0.2) is 4.98 Å². The van der Waals surface area contributed by atoms with Crippen molar-refractivity contribution < 1.29 is 14.3 Å². The zero-order valence-electron chi connectivity index (χ0n) is 13.7. The van der Waals surface area contributed by atoms with E-state index in [0.29, 0.717) is 23.7 Å². The summed E-state index contributed by atoms with van der Waals surface area (Å²) in [5, 5.41) is 2.85. The molecule has 6 heteroatoms. The number of morpholine rings is 1. The van der Waals surface area contributed by atoms with Gasteiger partial charge in [-0.15, -0.1) is 0 Å². The maximum atomic E-state index is 12.4. The fourth-order valence-electron chi connectivity index (χ4n) is 2.57. The van der Waals surface area contributed by atoms with Crippen LogP contribution in [-0.2, 0) is 4.74 Å². The zero-order chi connectivity index (χ0) is 16.8. The Labute approximate surface area is 141 Å². The quantitative estimate of drug-likeness (QED) is 0.914. The Bertz CT molecular complexity index is 682. The minimum Gasteiger partial charge on any atom is -0.492 e. The summed E-state index contributed by atoms with van der Waals surface area (Å²) in [6, 6.07) is 11.0. The Kier molecular flexibility index (Phi) is 5.28. The van der Waals surface area contributed by atoms with Crippen LogP contribution in [0.25, 0.3) is 0 Å². The molecule has 0 aliphatic carbocycles. The van der Waals surface area contributed by atoms with Gasteiger partial charge in [0.15, 0.2) is 0 Å². The Morgan fingerprint density at radius 1 is 1.25 bits per heavy atom. The van der Waals surface area contributed by atoms with Crippen molar-refractivity contribution >= 4 is 17.3 Å². The van der Waals surface area contributed by atoms with Crippen LogP contribution in [0.15, 0.2) is 42.6 Å². The number of benzene rings is 1. The molecule has 0 atom stereocenters. The lowest BCUT2D eigenvalue weighted by Gasteiger charge is -2.28. The van der Waals surface area contributed by atoms with Gasteiger partial charge in [0.05, 0.1) is 37.4 Å². The van der Waals surface area contributed by atoms with Gasteiger partial charge in [-0.3, -0.25) is 4.79 Å². The molecule has 0 unspecified atom stereocenters. The molecule has 1 saturated heterocycles. The molecule has 1 aliphatic rings. The molecule has 1 amide bonds. The van der Waals surface area contributed by atoms with Gasteiger partial charge in [0.25, 0.3) is 5.91 Å². The number of ether oxygens (including phenoxy) is 2. The standard InChI is InChI=1S/C18H21N3O3/c1-2-24-17-6-4-3-5-15(17)20-18(22)16-8-7-14(13-19-16)21-9-11-23-12-10-21/h3-8,13H,2,9-12H2,1H3,(H,20,22). The van der Waals surface area contributed by atoms with Crippen LogP contribution in [0.2, 0.25) is 0 Å². The van der Waals surface area contributed by atoms with E-state index in [-0.39, 0.29) is 5.91 Å². The molecule has 2 aromatic rings. The number of nitrogens with zero attached hydrogens (tertiary/aromatic N) is 2. The van der Waals surface area contributed by atoms with E-state index in [1.165, 1.54) is 0 Å². The first-order valence-corrected chi connectivity index (χ1v) is 8.10. The van der Waals surface area contributed by atoms with Crippen molar-refractivity contribution in [1.29, 1.82) is 0 Å². The van der Waals surface area contributed by atoms with Crippen LogP contribution < -0.4 is 15.0 Å². The summed E-state index contributed by atoms with van der Waals surface area (Å²) in [6.07, 6.45) is 1.73. The number of rotatable bonds is 5. The molecular weight excluding hydrogens is 306 g/mol. The van der Waals surface area contributed by atoms with Crippen LogP contribution in [-0.4, -0.2) is 43.8 Å². The number of carbonyl (C=O) groups excluding carboxylic acids is 1. The van der Waals surface area contributed by atoms with E-state index < -0.39 is 0 Å². The molecule has 6 nitrogen and oxygen atoms in total. The highest BCUT2D eigenvalue weighted by atomic mass is 16.5. The summed E-state index contributed by atoms with van der Waals surface area (Å²) in [5.74, 6) is 0.397. The van der Waals surface area contributed by atoms with Gasteiger partial charge in [0.2, 0.25) is 0 Å². The third-order valence-electron chi connectivity index (χ3n) is 3.79. The molecule has 24 heavy (non-hydrogen) atoms. The minimum absolute atomic E-state index is 0.254. The van der Waals surface area contributed by atoms with E-state index in [0.717, 1.165) is 32.0 Å². The molecule has 0 radical (unpaired) electrons. The fraction of sp³-hybridized carbons (Fsp3) is 0.333. The summed E-state index contributed by atoms with van der Waals surface area (Å²) in [7, 11) is 0. The Morgan fingerprint density at radius 2 is 2.04 bits per heavy atom. The second kappa shape index (κ2) is 7.79. The molecule has 0 bridgehead atoms. The molecule has 1 fully saturated rings. The number of para-hydroxylation sites is 2. The average Bonchev–Trinajstić information content (AvgIpc) is 2.64. The van der Waals surface area contributed by atoms with E-state index in [2.05, 4.69) is 15.2 Å². The normalized spacial score (nSPS) is 14.3. The van der Waals surface area contributed by atoms with Crippen LogP contribution in [0.4, 0.5) is 11.4 Å². The largest absolute Gasteiger partial charge is 0.492 e. The van der Waals surface area contributed by atoms with Crippen molar-refractivity contribution in [1.82, 2.24) is 4.98 Å². The van der Waals surface area contributed by atoms with E-state index >= 15 is 0 Å². The summed E-state index contributed by atoms with van der Waals surface area (Å²) in [5.41, 5.74) is 2.02. The average molecular weight is 327 g/mol. The molecule has 1 aliphatic heterocycles. The molecule has 1 aromatic heterocycles. The monoisotopic (exact) mass is 327 g/mol. The Morgan fingerprint density at radius 3 is 2.75 bits per heavy atom. The number of carbonyl (C=O) groups is 1. The molecule has 2 heterocycles. The van der Waals surface area contributed by atoms with Crippen LogP contribution in [0, 0.1) is 0 Å². The summed E-state index contributed by atoms with van der Waals surface area (Å²) in [4.78, 5) is 18.9. The summed E-state index contributed by atoms with van der Waals surface area (Å²) < 4.78 is 10.9. The number of hydrogen-bond donors (Lipinski definition) is 1. The lowest BCUT2D eigenvalue weighted by atomic mass is 10.2. The SMILES string of the molecule is CCOc1ccccc1NC(=O)c1ccc(N2CCOCC2)cn1. The third kappa shape index (κ3) is 3.83. The van der Waals surface area contributed by atoms with Crippen molar-refractivity contribution in [3.63, 3.8) is 0 Å². The van der Waals surface area contributed by atoms with Crippen molar-refractivity contribution in [2.45, 2.75) is 6.92 Å². The minimum atomic E-state index is -0.254.